The maximum atomic E-state index is 12.8. The highest BCUT2D eigenvalue weighted by Crippen LogP contribution is 2.30. The highest BCUT2D eigenvalue weighted by molar-refractivity contribution is 6.34. The molecule has 2 aromatic rings. The molecule has 1 saturated heterocycles. The van der Waals surface area contributed by atoms with E-state index in [-0.39, 0.29) is 12.0 Å². The second-order valence-electron chi connectivity index (χ2n) is 7.10. The number of hydrogen-bond acceptors (Lipinski definition) is 5. The lowest BCUT2D eigenvalue weighted by Gasteiger charge is -2.20. The van der Waals surface area contributed by atoms with Crippen LogP contribution < -0.4 is 10.1 Å². The Labute approximate surface area is 168 Å². The topological polar surface area (TPSA) is 69.2 Å². The maximum absolute atomic E-state index is 12.8. The average molecular weight is 401 g/mol. The Balaban J connectivity index is 1.37. The smallest absolute Gasteiger partial charge is 0.271 e. The van der Waals surface area contributed by atoms with E-state index in [4.69, 9.17) is 25.9 Å². The lowest BCUT2D eigenvalue weighted by molar-refractivity contribution is -0.135. The number of anilines is 1. The molecule has 0 spiro atoms. The number of oxime groups is 1. The molecule has 7 heteroatoms. The van der Waals surface area contributed by atoms with Crippen molar-refractivity contribution in [2.24, 2.45) is 5.16 Å². The van der Waals surface area contributed by atoms with E-state index in [1.54, 1.807) is 25.1 Å². The molecule has 1 amide bonds. The van der Waals surface area contributed by atoms with Crippen LogP contribution in [0.4, 0.5) is 5.69 Å². The highest BCUT2D eigenvalue weighted by atomic mass is 35.5. The molecule has 0 aromatic heterocycles. The van der Waals surface area contributed by atoms with Crippen molar-refractivity contribution in [3.8, 4) is 5.75 Å². The fourth-order valence-electron chi connectivity index (χ4n) is 3.18. The zero-order valence-corrected chi connectivity index (χ0v) is 16.2. The summed E-state index contributed by atoms with van der Waals surface area (Å²) in [7, 11) is 0. The van der Waals surface area contributed by atoms with Gasteiger partial charge in [-0.15, -0.1) is 0 Å². The number of nitrogens with zero attached hydrogens (tertiary/aromatic N) is 1. The minimum Gasteiger partial charge on any atom is -0.488 e. The Morgan fingerprint density at radius 1 is 1.25 bits per heavy atom. The molecule has 1 N–H and O–H groups in total. The molecule has 0 aliphatic carbocycles. The number of benzene rings is 2. The number of nitrogens with one attached hydrogen (secondary N) is 1. The van der Waals surface area contributed by atoms with Crippen molar-refractivity contribution < 1.29 is 19.1 Å². The van der Waals surface area contributed by atoms with Gasteiger partial charge in [0.15, 0.2) is 0 Å². The lowest BCUT2D eigenvalue weighted by atomic mass is 9.95. The van der Waals surface area contributed by atoms with Crippen LogP contribution in [0.25, 0.3) is 0 Å². The first-order valence-electron chi connectivity index (χ1n) is 9.19. The maximum Gasteiger partial charge on any atom is 0.271 e. The van der Waals surface area contributed by atoms with E-state index in [0.29, 0.717) is 29.4 Å². The van der Waals surface area contributed by atoms with Crippen LogP contribution in [0.2, 0.25) is 5.02 Å². The van der Waals surface area contributed by atoms with Crippen molar-refractivity contribution in [3.63, 3.8) is 0 Å². The van der Waals surface area contributed by atoms with Crippen molar-refractivity contribution in [1.29, 1.82) is 0 Å². The first-order chi connectivity index (χ1) is 13.5. The van der Waals surface area contributed by atoms with Crippen LogP contribution in [-0.2, 0) is 14.4 Å². The summed E-state index contributed by atoms with van der Waals surface area (Å²) in [5, 5.41) is 7.56. The third-order valence-electron chi connectivity index (χ3n) is 4.83. The van der Waals surface area contributed by atoms with Crippen molar-refractivity contribution in [3.05, 3.63) is 59.1 Å². The zero-order valence-electron chi connectivity index (χ0n) is 15.5. The Hall–Kier alpha value is -2.57. The van der Waals surface area contributed by atoms with Gasteiger partial charge in [0.25, 0.3) is 5.91 Å². The summed E-state index contributed by atoms with van der Waals surface area (Å²) in [5.74, 6) is 0.484. The van der Waals surface area contributed by atoms with Crippen LogP contribution in [0, 0.1) is 0 Å². The molecule has 2 heterocycles. The third kappa shape index (κ3) is 3.98. The van der Waals surface area contributed by atoms with Crippen LogP contribution in [0.15, 0.2) is 53.7 Å². The molecule has 2 atom stereocenters. The first-order valence-corrected chi connectivity index (χ1v) is 9.57. The van der Waals surface area contributed by atoms with Crippen LogP contribution in [0.1, 0.15) is 25.3 Å². The fraction of sp³-hybridized carbons (Fsp3) is 0.333. The SMILES string of the molecule is C[C@]1(C(=O)Nc2ccc(O[C@@H]3CCOC3)cc2)CC(c2ccccc2Cl)=NO1. The van der Waals surface area contributed by atoms with Gasteiger partial charge in [-0.1, -0.05) is 35.0 Å². The molecule has 2 aliphatic heterocycles. The van der Waals surface area contributed by atoms with E-state index < -0.39 is 5.60 Å². The van der Waals surface area contributed by atoms with Crippen LogP contribution in [0.5, 0.6) is 5.75 Å². The van der Waals surface area contributed by atoms with Crippen LogP contribution in [-0.4, -0.2) is 36.5 Å². The summed E-state index contributed by atoms with van der Waals surface area (Å²) in [5.41, 5.74) is 1.00. The van der Waals surface area contributed by atoms with Gasteiger partial charge in [0.2, 0.25) is 5.60 Å². The fourth-order valence-corrected chi connectivity index (χ4v) is 3.42. The molecule has 1 fully saturated rings. The Bertz CT molecular complexity index is 894. The monoisotopic (exact) mass is 400 g/mol. The minimum absolute atomic E-state index is 0.0895. The second kappa shape index (κ2) is 7.81. The van der Waals surface area contributed by atoms with Crippen molar-refractivity contribution in [1.82, 2.24) is 0 Å². The molecular formula is C21H21ClN2O4. The summed E-state index contributed by atoms with van der Waals surface area (Å²) in [4.78, 5) is 18.3. The molecule has 146 valence electrons. The molecule has 2 aromatic carbocycles. The van der Waals surface area contributed by atoms with Gasteiger partial charge < -0.3 is 19.6 Å². The minimum atomic E-state index is -1.09. The standard InChI is InChI=1S/C21H21ClN2O4/c1-21(12-19(24-28-21)17-4-2-3-5-18(17)22)20(25)23-14-6-8-15(9-7-14)27-16-10-11-26-13-16/h2-9,16H,10-13H2,1H3,(H,23,25)/t16-,21-/m1/s1. The second-order valence-corrected chi connectivity index (χ2v) is 7.51. The number of rotatable bonds is 5. The van der Waals surface area contributed by atoms with Gasteiger partial charge in [0.1, 0.15) is 11.9 Å². The summed E-state index contributed by atoms with van der Waals surface area (Å²) < 4.78 is 11.1. The number of carbonyl (C=O) groups excluding carboxylic acids is 1. The molecule has 0 bridgehead atoms. The van der Waals surface area contributed by atoms with Crippen molar-refractivity contribution >= 4 is 28.9 Å². The molecular weight excluding hydrogens is 380 g/mol. The zero-order chi connectivity index (χ0) is 19.6. The summed E-state index contributed by atoms with van der Waals surface area (Å²) in [6.07, 6.45) is 1.32. The third-order valence-corrected chi connectivity index (χ3v) is 5.16. The molecule has 4 rings (SSSR count). The molecule has 0 radical (unpaired) electrons. The van der Waals surface area contributed by atoms with Gasteiger partial charge in [0.05, 0.1) is 18.9 Å². The normalized spacial score (nSPS) is 23.8. The largest absolute Gasteiger partial charge is 0.488 e. The number of amides is 1. The predicted molar refractivity (Wildman–Crippen MR) is 107 cm³/mol. The molecule has 28 heavy (non-hydrogen) atoms. The number of carbonyl (C=O) groups is 1. The van der Waals surface area contributed by atoms with E-state index in [2.05, 4.69) is 10.5 Å². The van der Waals surface area contributed by atoms with Gasteiger partial charge in [-0.3, -0.25) is 4.79 Å². The van der Waals surface area contributed by atoms with E-state index in [1.165, 1.54) is 0 Å². The van der Waals surface area contributed by atoms with Crippen molar-refractivity contribution in [2.75, 3.05) is 18.5 Å². The van der Waals surface area contributed by atoms with Gasteiger partial charge in [-0.2, -0.15) is 0 Å². The highest BCUT2D eigenvalue weighted by Gasteiger charge is 2.42. The van der Waals surface area contributed by atoms with Gasteiger partial charge in [0, 0.05) is 29.1 Å². The Morgan fingerprint density at radius 2 is 2.04 bits per heavy atom. The van der Waals surface area contributed by atoms with Crippen molar-refractivity contribution in [2.45, 2.75) is 31.5 Å². The summed E-state index contributed by atoms with van der Waals surface area (Å²) >= 11 is 6.23. The predicted octanol–water partition coefficient (Wildman–Crippen LogP) is 4.03. The first kappa shape index (κ1) is 18.8. The van der Waals surface area contributed by atoms with E-state index in [1.807, 2.05) is 30.3 Å². The van der Waals surface area contributed by atoms with Gasteiger partial charge in [-0.05, 0) is 37.3 Å². The van der Waals surface area contributed by atoms with Gasteiger partial charge >= 0.3 is 0 Å². The van der Waals surface area contributed by atoms with E-state index in [0.717, 1.165) is 24.3 Å². The van der Waals surface area contributed by atoms with Crippen LogP contribution >= 0.6 is 11.6 Å². The van der Waals surface area contributed by atoms with E-state index >= 15 is 0 Å². The summed E-state index contributed by atoms with van der Waals surface area (Å²) in [6, 6.07) is 14.6. The molecule has 6 nitrogen and oxygen atoms in total. The number of ether oxygens (including phenoxy) is 2. The van der Waals surface area contributed by atoms with E-state index in [9.17, 15) is 4.79 Å². The molecule has 0 saturated carbocycles. The number of halogens is 1. The molecule has 0 unspecified atom stereocenters. The number of hydrogen-bond donors (Lipinski definition) is 1. The quantitative estimate of drug-likeness (QED) is 0.822. The summed E-state index contributed by atoms with van der Waals surface area (Å²) in [6.45, 7) is 3.06. The Morgan fingerprint density at radius 3 is 2.75 bits per heavy atom. The lowest BCUT2D eigenvalue weighted by Crippen LogP contribution is -2.40. The average Bonchev–Trinajstić information content (AvgIpc) is 3.34. The molecule has 2 aliphatic rings. The Kier molecular flexibility index (Phi) is 5.24. The van der Waals surface area contributed by atoms with Gasteiger partial charge in [-0.25, -0.2) is 0 Å². The van der Waals surface area contributed by atoms with Crippen LogP contribution in [0.3, 0.4) is 0 Å².